The molecule has 1 aliphatic heterocycles. The van der Waals surface area contributed by atoms with Crippen LogP contribution in [-0.2, 0) is 21.9 Å². The lowest BCUT2D eigenvalue weighted by atomic mass is 9.96. The number of Topliss-reactive ketones (excluding diaryl/α,β-unsaturated/α-hetero) is 1. The van der Waals surface area contributed by atoms with Gasteiger partial charge in [0.15, 0.2) is 21.6 Å². The molecule has 0 radical (unpaired) electrons. The molecule has 1 atom stereocenters. The molecule has 0 aliphatic carbocycles. The van der Waals surface area contributed by atoms with Crippen LogP contribution in [0.5, 0.6) is 11.5 Å². The van der Waals surface area contributed by atoms with Gasteiger partial charge >= 0.3 is 5.91 Å². The lowest BCUT2D eigenvalue weighted by Crippen LogP contribution is -2.29. The highest BCUT2D eigenvalue weighted by molar-refractivity contribution is 8.00. The fraction of sp³-hybridized carbons (Fsp3) is 0.184. The molecule has 0 bridgehead atoms. The Hall–Kier alpha value is -5.46. The minimum atomic E-state index is -1.05. The van der Waals surface area contributed by atoms with E-state index in [0.29, 0.717) is 51.7 Å². The number of aliphatic hydroxyl groups is 1. The number of hydrogen-bond donors (Lipinski definition) is 1. The molecule has 1 N–H and O–H groups in total. The number of rotatable bonds is 11. The first-order valence-electron chi connectivity index (χ1n) is 16.0. The van der Waals surface area contributed by atoms with Gasteiger partial charge < -0.3 is 19.0 Å². The van der Waals surface area contributed by atoms with E-state index in [1.807, 2.05) is 104 Å². The number of anilines is 1. The average Bonchev–Trinajstić information content (AvgIpc) is 3.82. The highest BCUT2D eigenvalue weighted by Gasteiger charge is 2.49. The molecule has 0 saturated carbocycles. The fourth-order valence-corrected chi connectivity index (χ4v) is 7.74. The largest absolute Gasteiger partial charge is 0.505 e. The topological polar surface area (TPSA) is 119 Å². The number of amides is 1. The summed E-state index contributed by atoms with van der Waals surface area (Å²) in [7, 11) is 0. The lowest BCUT2D eigenvalue weighted by molar-refractivity contribution is -0.132. The Balaban J connectivity index is 1.32. The Kier molecular flexibility index (Phi) is 9.38. The molecule has 6 aromatic rings. The van der Waals surface area contributed by atoms with Crippen molar-refractivity contribution in [3.63, 3.8) is 0 Å². The first-order chi connectivity index (χ1) is 24.3. The zero-order chi connectivity index (χ0) is 34.8. The molecule has 3 aromatic carbocycles. The molecular weight excluding hydrogens is 671 g/mol. The van der Waals surface area contributed by atoms with Crippen LogP contribution in [0.15, 0.2) is 107 Å². The summed E-state index contributed by atoms with van der Waals surface area (Å²) in [6, 6.07) is 27.8. The molecule has 1 aliphatic rings. The zero-order valence-electron chi connectivity index (χ0n) is 27.6. The number of pyridine rings is 1. The summed E-state index contributed by atoms with van der Waals surface area (Å²) in [4.78, 5) is 34.0. The second kappa shape index (κ2) is 14.2. The number of hydrogen-bond acceptors (Lipinski definition) is 10. The monoisotopic (exact) mass is 703 g/mol. The Morgan fingerprint density at radius 2 is 1.64 bits per heavy atom. The smallest absolute Gasteiger partial charge is 0.301 e. The zero-order valence-corrected chi connectivity index (χ0v) is 29.2. The summed E-state index contributed by atoms with van der Waals surface area (Å²) in [5, 5.41) is 20.9. The van der Waals surface area contributed by atoms with Gasteiger partial charge in [-0.1, -0.05) is 95.9 Å². The van der Waals surface area contributed by atoms with Crippen LogP contribution in [0.1, 0.15) is 46.6 Å². The van der Waals surface area contributed by atoms with Crippen molar-refractivity contribution in [3.05, 3.63) is 136 Å². The number of carbonyl (C=O) groups is 2. The van der Waals surface area contributed by atoms with Crippen molar-refractivity contribution in [1.29, 1.82) is 0 Å². The van der Waals surface area contributed by atoms with E-state index in [4.69, 9.17) is 14.5 Å². The van der Waals surface area contributed by atoms with Gasteiger partial charge in [0, 0.05) is 11.9 Å². The van der Waals surface area contributed by atoms with Gasteiger partial charge in [-0.25, -0.2) is 4.98 Å². The molecule has 0 spiro atoms. The van der Waals surface area contributed by atoms with Gasteiger partial charge in [0.1, 0.15) is 17.9 Å². The molecular formula is C38H33N5O5S2. The van der Waals surface area contributed by atoms with Crippen LogP contribution < -0.4 is 14.4 Å². The Bertz CT molecular complexity index is 2230. The van der Waals surface area contributed by atoms with Crippen LogP contribution >= 0.6 is 23.1 Å². The molecule has 7 rings (SSSR count). The van der Waals surface area contributed by atoms with Crippen molar-refractivity contribution in [2.75, 3.05) is 11.5 Å². The van der Waals surface area contributed by atoms with Crippen molar-refractivity contribution in [3.8, 4) is 11.5 Å². The highest BCUT2D eigenvalue weighted by atomic mass is 32.2. The van der Waals surface area contributed by atoms with E-state index in [0.717, 1.165) is 16.7 Å². The van der Waals surface area contributed by atoms with E-state index in [1.165, 1.54) is 28.0 Å². The van der Waals surface area contributed by atoms with Gasteiger partial charge in [-0.3, -0.25) is 14.5 Å². The Morgan fingerprint density at radius 1 is 0.900 bits per heavy atom. The number of aromatic nitrogens is 4. The summed E-state index contributed by atoms with van der Waals surface area (Å²) in [6.45, 7) is 6.27. The van der Waals surface area contributed by atoms with Gasteiger partial charge in [0.2, 0.25) is 5.13 Å². The van der Waals surface area contributed by atoms with E-state index in [1.54, 1.807) is 18.2 Å². The molecule has 3 aromatic heterocycles. The molecule has 12 heteroatoms. The van der Waals surface area contributed by atoms with Crippen LogP contribution in [0.3, 0.4) is 0 Å². The van der Waals surface area contributed by atoms with Crippen LogP contribution in [-0.4, -0.2) is 43.0 Å². The van der Waals surface area contributed by atoms with Gasteiger partial charge in [-0.05, 0) is 61.2 Å². The van der Waals surface area contributed by atoms with E-state index < -0.39 is 17.7 Å². The van der Waals surface area contributed by atoms with Gasteiger partial charge in [0.25, 0.3) is 5.78 Å². The molecule has 50 heavy (non-hydrogen) atoms. The highest BCUT2D eigenvalue weighted by Crippen LogP contribution is 2.46. The summed E-state index contributed by atoms with van der Waals surface area (Å²) in [5.74, 6) is -0.459. The number of aryl methyl sites for hydroxylation is 2. The maximum atomic E-state index is 14.0. The molecule has 1 amide bonds. The number of fused-ring (bicyclic) bond motifs is 1. The molecule has 1 saturated heterocycles. The maximum absolute atomic E-state index is 14.0. The first kappa shape index (κ1) is 33.1. The van der Waals surface area contributed by atoms with Crippen LogP contribution in [0.4, 0.5) is 5.13 Å². The Morgan fingerprint density at radius 3 is 2.36 bits per heavy atom. The number of ether oxygens (including phenoxy) is 2. The second-order valence-electron chi connectivity index (χ2n) is 11.6. The molecule has 1 fully saturated rings. The summed E-state index contributed by atoms with van der Waals surface area (Å²) < 4.78 is 14.6. The fourth-order valence-electron chi connectivity index (χ4n) is 5.91. The quantitative estimate of drug-likeness (QED) is 0.0476. The third kappa shape index (κ3) is 6.35. The first-order valence-corrected chi connectivity index (χ1v) is 17.8. The van der Waals surface area contributed by atoms with E-state index >= 15 is 0 Å². The van der Waals surface area contributed by atoms with Crippen molar-refractivity contribution in [1.82, 2.24) is 19.6 Å². The van der Waals surface area contributed by atoms with Crippen molar-refractivity contribution >= 4 is 51.3 Å². The van der Waals surface area contributed by atoms with Crippen LogP contribution in [0, 0.1) is 13.8 Å². The third-order valence-corrected chi connectivity index (χ3v) is 10.5. The molecule has 252 valence electrons. The molecule has 4 heterocycles. The number of carbonyl (C=O) groups excluding carboxylic acids is 2. The van der Waals surface area contributed by atoms with Gasteiger partial charge in [-0.15, -0.1) is 10.2 Å². The van der Waals surface area contributed by atoms with Crippen LogP contribution in [0.2, 0.25) is 0 Å². The van der Waals surface area contributed by atoms with Crippen LogP contribution in [0.25, 0.3) is 11.4 Å². The number of aliphatic hydroxyl groups excluding tert-OH is 1. The summed E-state index contributed by atoms with van der Waals surface area (Å²) >= 11 is 2.70. The predicted molar refractivity (Wildman–Crippen MR) is 194 cm³/mol. The van der Waals surface area contributed by atoms with Gasteiger partial charge in [0.05, 0.1) is 23.9 Å². The molecule has 1 unspecified atom stereocenters. The summed E-state index contributed by atoms with van der Waals surface area (Å²) in [5.41, 5.74) is 4.90. The average molecular weight is 704 g/mol. The van der Waals surface area contributed by atoms with E-state index in [9.17, 15) is 14.7 Å². The van der Waals surface area contributed by atoms with E-state index in [2.05, 4.69) is 10.2 Å². The summed E-state index contributed by atoms with van der Waals surface area (Å²) in [6.07, 6.45) is 1.84. The molecule has 10 nitrogen and oxygen atoms in total. The predicted octanol–water partition coefficient (Wildman–Crippen LogP) is 7.70. The second-order valence-corrected chi connectivity index (χ2v) is 13.8. The van der Waals surface area contributed by atoms with E-state index in [-0.39, 0.29) is 22.2 Å². The number of thioether (sulfide) groups is 1. The number of benzene rings is 3. The minimum Gasteiger partial charge on any atom is -0.505 e. The number of ketones is 1. The Labute approximate surface area is 297 Å². The lowest BCUT2D eigenvalue weighted by Gasteiger charge is -2.23. The normalized spacial score (nSPS) is 15.6. The minimum absolute atomic E-state index is 0.103. The number of nitrogens with zero attached hydrogens (tertiary/aromatic N) is 5. The van der Waals surface area contributed by atoms with Crippen molar-refractivity contribution < 1.29 is 24.2 Å². The SMILES string of the molecule is CCOc1cc(C2C(=C(O)c3nc4c(C)cccn4c3C)C(=O)C(=O)N2c2nnc(SCc3ccccc3)s2)ccc1OCc1ccccc1. The van der Waals surface area contributed by atoms with Crippen molar-refractivity contribution in [2.24, 2.45) is 0 Å². The number of imidazole rings is 1. The third-order valence-electron chi connectivity index (χ3n) is 8.38. The van der Waals surface area contributed by atoms with Crippen molar-refractivity contribution in [2.45, 2.75) is 43.5 Å². The maximum Gasteiger partial charge on any atom is 0.301 e. The standard InChI is InChI=1S/C38H33N5O5S2/c1-4-47-29-20-27(17-18-28(29)48-21-25-13-7-5-8-14-25)32-30(33(44)31-24(3)42-19-11-12-23(2)35(42)39-31)34(45)36(46)43(32)37-40-41-38(50-37)49-22-26-15-9-6-10-16-26/h5-20,32,44H,4,21-22H2,1-3H3. The van der Waals surface area contributed by atoms with Gasteiger partial charge in [-0.2, -0.15) is 0 Å².